The minimum atomic E-state index is 0.385. The molecule has 152 valence electrons. The van der Waals surface area contributed by atoms with Crippen LogP contribution in [0.5, 0.6) is 5.88 Å². The van der Waals surface area contributed by atoms with E-state index >= 15 is 0 Å². The zero-order valence-electron chi connectivity index (χ0n) is 17.6. The van der Waals surface area contributed by atoms with Crippen molar-refractivity contribution in [3.05, 3.63) is 54.5 Å². The summed E-state index contributed by atoms with van der Waals surface area (Å²) in [5, 5.41) is 14.0. The molecule has 6 heteroatoms. The summed E-state index contributed by atoms with van der Waals surface area (Å²) in [5.41, 5.74) is 6.28. The minimum absolute atomic E-state index is 0.385. The Hall–Kier alpha value is -3.28. The molecule has 0 amide bonds. The van der Waals surface area contributed by atoms with Crippen LogP contribution in [0.2, 0.25) is 0 Å². The first-order valence-electron chi connectivity index (χ1n) is 10.4. The number of rotatable bonds is 5. The van der Waals surface area contributed by atoms with Gasteiger partial charge in [-0.3, -0.25) is 9.67 Å². The fraction of sp³-hybridized carbons (Fsp3) is 0.333. The molecular formula is C24H25N5O. The molecule has 1 saturated carbocycles. The Morgan fingerprint density at radius 1 is 1.07 bits per heavy atom. The molecule has 0 unspecified atom stereocenters. The highest BCUT2D eigenvalue weighted by molar-refractivity contribution is 5.88. The van der Waals surface area contributed by atoms with E-state index in [1.165, 1.54) is 19.3 Å². The van der Waals surface area contributed by atoms with Gasteiger partial charge in [0.1, 0.15) is 0 Å². The van der Waals surface area contributed by atoms with Gasteiger partial charge in [0.05, 0.1) is 24.5 Å². The molecule has 30 heavy (non-hydrogen) atoms. The van der Waals surface area contributed by atoms with Gasteiger partial charge in [-0.05, 0) is 37.3 Å². The van der Waals surface area contributed by atoms with Gasteiger partial charge in [-0.1, -0.05) is 31.5 Å². The van der Waals surface area contributed by atoms with Crippen LogP contribution in [-0.4, -0.2) is 32.1 Å². The Kier molecular flexibility index (Phi) is 4.50. The Balaban J connectivity index is 1.54. The predicted octanol–water partition coefficient (Wildman–Crippen LogP) is 5.06. The van der Waals surface area contributed by atoms with Gasteiger partial charge in [-0.15, -0.1) is 10.2 Å². The van der Waals surface area contributed by atoms with Crippen LogP contribution in [0, 0.1) is 12.3 Å². The van der Waals surface area contributed by atoms with Gasteiger partial charge in [0.25, 0.3) is 0 Å². The summed E-state index contributed by atoms with van der Waals surface area (Å²) in [6, 6.07) is 12.2. The Morgan fingerprint density at radius 2 is 1.93 bits per heavy atom. The molecule has 0 aliphatic heterocycles. The van der Waals surface area contributed by atoms with E-state index in [9.17, 15) is 0 Å². The molecule has 1 aliphatic rings. The fourth-order valence-electron chi connectivity index (χ4n) is 4.19. The second-order valence-corrected chi connectivity index (χ2v) is 8.60. The van der Waals surface area contributed by atoms with Crippen LogP contribution in [0.1, 0.15) is 31.9 Å². The van der Waals surface area contributed by atoms with Crippen LogP contribution >= 0.6 is 0 Å². The molecule has 5 rings (SSSR count). The molecule has 0 atom stereocenters. The zero-order chi connectivity index (χ0) is 20.7. The van der Waals surface area contributed by atoms with Crippen LogP contribution in [0.15, 0.2) is 48.8 Å². The van der Waals surface area contributed by atoms with Gasteiger partial charge in [-0.25, -0.2) is 0 Å². The van der Waals surface area contributed by atoms with Gasteiger partial charge in [0.2, 0.25) is 5.88 Å². The summed E-state index contributed by atoms with van der Waals surface area (Å²) in [6.07, 6.45) is 7.98. The number of pyridine rings is 1. The standard InChI is InChI=1S/C24H25N5O/c1-16-5-8-20(19-13-25-29(14-19)15-24(2)9-4-10-24)23(26-16)18-7-6-17-12-22(30-3)28-27-21(17)11-18/h5-8,11-14H,4,9-10,15H2,1-3H3. The lowest BCUT2D eigenvalue weighted by Gasteiger charge is -2.38. The summed E-state index contributed by atoms with van der Waals surface area (Å²) < 4.78 is 7.26. The van der Waals surface area contributed by atoms with Crippen molar-refractivity contribution in [2.24, 2.45) is 5.41 Å². The third-order valence-electron chi connectivity index (χ3n) is 6.13. The normalized spacial score (nSPS) is 15.2. The molecule has 3 aromatic heterocycles. The number of nitrogens with zero attached hydrogens (tertiary/aromatic N) is 5. The zero-order valence-corrected chi connectivity index (χ0v) is 17.6. The third-order valence-corrected chi connectivity index (χ3v) is 6.13. The average Bonchev–Trinajstić information content (AvgIpc) is 3.19. The van der Waals surface area contributed by atoms with E-state index in [1.54, 1.807) is 7.11 Å². The highest BCUT2D eigenvalue weighted by Gasteiger charge is 2.32. The SMILES string of the molecule is COc1cc2ccc(-c3nc(C)ccc3-c3cnn(CC4(C)CCC4)c3)cc2nn1. The number of hydrogen-bond donors (Lipinski definition) is 0. The van der Waals surface area contributed by atoms with Crippen LogP contribution < -0.4 is 4.74 Å². The molecule has 0 spiro atoms. The van der Waals surface area contributed by atoms with Gasteiger partial charge >= 0.3 is 0 Å². The maximum atomic E-state index is 5.18. The highest BCUT2D eigenvalue weighted by Crippen LogP contribution is 2.42. The number of hydrogen-bond acceptors (Lipinski definition) is 5. The van der Waals surface area contributed by atoms with E-state index in [-0.39, 0.29) is 0 Å². The number of methoxy groups -OCH3 is 1. The first kappa shape index (κ1) is 18.7. The van der Waals surface area contributed by atoms with Gasteiger partial charge in [0, 0.05) is 46.6 Å². The smallest absolute Gasteiger partial charge is 0.233 e. The Labute approximate surface area is 175 Å². The average molecular weight is 399 g/mol. The lowest BCUT2D eigenvalue weighted by molar-refractivity contribution is 0.126. The number of fused-ring (bicyclic) bond motifs is 1. The molecular weight excluding hydrogens is 374 g/mol. The molecule has 1 fully saturated rings. The van der Waals surface area contributed by atoms with Crippen molar-refractivity contribution >= 4 is 10.9 Å². The monoisotopic (exact) mass is 399 g/mol. The first-order chi connectivity index (χ1) is 14.5. The van der Waals surface area contributed by atoms with Crippen molar-refractivity contribution in [2.45, 2.75) is 39.7 Å². The van der Waals surface area contributed by atoms with E-state index in [1.807, 2.05) is 31.3 Å². The van der Waals surface area contributed by atoms with E-state index in [4.69, 9.17) is 9.72 Å². The fourth-order valence-corrected chi connectivity index (χ4v) is 4.19. The van der Waals surface area contributed by atoms with Crippen molar-refractivity contribution < 1.29 is 4.74 Å². The van der Waals surface area contributed by atoms with Crippen molar-refractivity contribution in [2.75, 3.05) is 7.11 Å². The summed E-state index contributed by atoms with van der Waals surface area (Å²) in [5.74, 6) is 0.511. The predicted molar refractivity (Wildman–Crippen MR) is 117 cm³/mol. The highest BCUT2D eigenvalue weighted by atomic mass is 16.5. The van der Waals surface area contributed by atoms with Crippen LogP contribution in [0.25, 0.3) is 33.3 Å². The van der Waals surface area contributed by atoms with Crippen LogP contribution in [0.3, 0.4) is 0 Å². The second kappa shape index (κ2) is 7.20. The van der Waals surface area contributed by atoms with Gasteiger partial charge in [0.15, 0.2) is 0 Å². The lowest BCUT2D eigenvalue weighted by atomic mass is 9.70. The largest absolute Gasteiger partial charge is 0.480 e. The van der Waals surface area contributed by atoms with Crippen molar-refractivity contribution in [3.63, 3.8) is 0 Å². The molecule has 0 saturated heterocycles. The first-order valence-corrected chi connectivity index (χ1v) is 10.4. The molecule has 1 aliphatic carbocycles. The van der Waals surface area contributed by atoms with Gasteiger partial charge in [-0.2, -0.15) is 5.10 Å². The Bertz CT molecular complexity index is 1230. The van der Waals surface area contributed by atoms with Crippen molar-refractivity contribution in [1.29, 1.82) is 0 Å². The van der Waals surface area contributed by atoms with Crippen LogP contribution in [-0.2, 0) is 6.54 Å². The molecule has 1 aromatic carbocycles. The minimum Gasteiger partial charge on any atom is -0.480 e. The molecule has 0 radical (unpaired) electrons. The topological polar surface area (TPSA) is 65.7 Å². The Morgan fingerprint density at radius 3 is 2.70 bits per heavy atom. The number of benzene rings is 1. The molecule has 6 nitrogen and oxygen atoms in total. The second-order valence-electron chi connectivity index (χ2n) is 8.60. The molecule has 3 heterocycles. The van der Waals surface area contributed by atoms with Crippen molar-refractivity contribution in [1.82, 2.24) is 25.0 Å². The van der Waals surface area contributed by atoms with E-state index in [0.717, 1.165) is 45.5 Å². The molecule has 0 N–H and O–H groups in total. The summed E-state index contributed by atoms with van der Waals surface area (Å²) in [7, 11) is 1.60. The third kappa shape index (κ3) is 3.43. The van der Waals surface area contributed by atoms with E-state index < -0.39 is 0 Å². The maximum absolute atomic E-state index is 5.18. The quantitative estimate of drug-likeness (QED) is 0.469. The summed E-state index contributed by atoms with van der Waals surface area (Å²) in [6.45, 7) is 5.33. The number of aryl methyl sites for hydroxylation is 1. The van der Waals surface area contributed by atoms with E-state index in [0.29, 0.717) is 11.3 Å². The van der Waals surface area contributed by atoms with Crippen molar-refractivity contribution in [3.8, 4) is 28.3 Å². The number of ether oxygens (including phenoxy) is 1. The maximum Gasteiger partial charge on any atom is 0.233 e. The molecule has 4 aromatic rings. The van der Waals surface area contributed by atoms with Gasteiger partial charge < -0.3 is 4.74 Å². The number of aromatic nitrogens is 5. The van der Waals surface area contributed by atoms with Crippen LogP contribution in [0.4, 0.5) is 0 Å². The molecule has 0 bridgehead atoms. The summed E-state index contributed by atoms with van der Waals surface area (Å²) >= 11 is 0. The summed E-state index contributed by atoms with van der Waals surface area (Å²) in [4.78, 5) is 4.86. The van der Waals surface area contributed by atoms with E-state index in [2.05, 4.69) is 51.3 Å². The lowest BCUT2D eigenvalue weighted by Crippen LogP contribution is -2.30.